The van der Waals surface area contributed by atoms with E-state index in [2.05, 4.69) is 10.3 Å². The normalized spacial score (nSPS) is 10.7. The molecule has 0 radical (unpaired) electrons. The van der Waals surface area contributed by atoms with E-state index in [9.17, 15) is 4.39 Å². The second kappa shape index (κ2) is 11.7. The Balaban J connectivity index is 1.50. The topological polar surface area (TPSA) is 52.6 Å². The standard InChI is InChI=1S/C23H23Cl2FN2O3/c1-29-21-11-17(14-27-8-4-10-30-23-5-2-3-9-28-23)20(25)13-22(21)31-15-16-6-7-18(26)12-19(16)24/h2-3,5-7,9,11-13,27H,4,8,10,14-15H2,1H3. The summed E-state index contributed by atoms with van der Waals surface area (Å²) in [7, 11) is 1.56. The molecule has 0 amide bonds. The van der Waals surface area contributed by atoms with Gasteiger partial charge in [0.05, 0.1) is 18.7 Å². The summed E-state index contributed by atoms with van der Waals surface area (Å²) in [4.78, 5) is 4.12. The minimum Gasteiger partial charge on any atom is -0.493 e. The molecule has 2 aromatic carbocycles. The molecule has 0 aliphatic heterocycles. The Morgan fingerprint density at radius 3 is 2.55 bits per heavy atom. The lowest BCUT2D eigenvalue weighted by atomic mass is 10.2. The third-order valence-electron chi connectivity index (χ3n) is 4.43. The third kappa shape index (κ3) is 6.99. The first-order valence-electron chi connectivity index (χ1n) is 9.74. The van der Waals surface area contributed by atoms with Gasteiger partial charge in [0.25, 0.3) is 0 Å². The molecule has 8 heteroatoms. The van der Waals surface area contributed by atoms with Gasteiger partial charge in [-0.2, -0.15) is 0 Å². The van der Waals surface area contributed by atoms with Crippen molar-refractivity contribution in [2.45, 2.75) is 19.6 Å². The van der Waals surface area contributed by atoms with Crippen molar-refractivity contribution in [3.8, 4) is 17.4 Å². The van der Waals surface area contributed by atoms with Gasteiger partial charge in [0, 0.05) is 35.5 Å². The van der Waals surface area contributed by atoms with Gasteiger partial charge in [0.1, 0.15) is 12.4 Å². The van der Waals surface area contributed by atoms with Crippen LogP contribution in [-0.2, 0) is 13.2 Å². The monoisotopic (exact) mass is 464 g/mol. The SMILES string of the molecule is COc1cc(CNCCCOc2ccccn2)c(Cl)cc1OCc1ccc(F)cc1Cl. The lowest BCUT2D eigenvalue weighted by Crippen LogP contribution is -2.17. The zero-order valence-electron chi connectivity index (χ0n) is 17.0. The van der Waals surface area contributed by atoms with E-state index in [1.54, 1.807) is 25.4 Å². The van der Waals surface area contributed by atoms with Crippen LogP contribution in [-0.4, -0.2) is 25.2 Å². The molecule has 3 rings (SSSR count). The number of methoxy groups -OCH3 is 1. The Bertz CT molecular complexity index is 990. The van der Waals surface area contributed by atoms with Crippen molar-refractivity contribution in [1.29, 1.82) is 0 Å². The average Bonchev–Trinajstić information content (AvgIpc) is 2.77. The van der Waals surface area contributed by atoms with E-state index in [0.29, 0.717) is 46.1 Å². The Hall–Kier alpha value is -2.54. The van der Waals surface area contributed by atoms with Gasteiger partial charge in [0.15, 0.2) is 11.5 Å². The van der Waals surface area contributed by atoms with Gasteiger partial charge in [-0.05, 0) is 42.8 Å². The lowest BCUT2D eigenvalue weighted by Gasteiger charge is -2.15. The molecule has 31 heavy (non-hydrogen) atoms. The Morgan fingerprint density at radius 1 is 0.968 bits per heavy atom. The number of benzene rings is 2. The molecule has 5 nitrogen and oxygen atoms in total. The highest BCUT2D eigenvalue weighted by Gasteiger charge is 2.12. The zero-order valence-corrected chi connectivity index (χ0v) is 18.5. The molecule has 0 bridgehead atoms. The number of nitrogens with one attached hydrogen (secondary N) is 1. The fourth-order valence-electron chi connectivity index (χ4n) is 2.81. The molecule has 0 unspecified atom stereocenters. The molecule has 0 aliphatic carbocycles. The maximum atomic E-state index is 13.2. The van der Waals surface area contributed by atoms with Gasteiger partial charge in [-0.3, -0.25) is 0 Å². The fourth-order valence-corrected chi connectivity index (χ4v) is 3.25. The first-order valence-corrected chi connectivity index (χ1v) is 10.5. The quantitative estimate of drug-likeness (QED) is 0.370. The summed E-state index contributed by atoms with van der Waals surface area (Å²) >= 11 is 12.5. The summed E-state index contributed by atoms with van der Waals surface area (Å²) in [6.45, 7) is 2.06. The summed E-state index contributed by atoms with van der Waals surface area (Å²) in [6, 6.07) is 13.3. The zero-order chi connectivity index (χ0) is 22.1. The van der Waals surface area contributed by atoms with Crippen molar-refractivity contribution >= 4 is 23.2 Å². The van der Waals surface area contributed by atoms with Gasteiger partial charge >= 0.3 is 0 Å². The van der Waals surface area contributed by atoms with Crippen LogP contribution in [0.4, 0.5) is 4.39 Å². The predicted octanol–water partition coefficient (Wildman–Crippen LogP) is 5.67. The summed E-state index contributed by atoms with van der Waals surface area (Å²) < 4.78 is 30.0. The van der Waals surface area contributed by atoms with E-state index < -0.39 is 5.82 Å². The van der Waals surface area contributed by atoms with Gasteiger partial charge in [-0.15, -0.1) is 0 Å². The van der Waals surface area contributed by atoms with E-state index in [1.807, 2.05) is 24.3 Å². The van der Waals surface area contributed by atoms with Crippen molar-refractivity contribution in [2.75, 3.05) is 20.3 Å². The van der Waals surface area contributed by atoms with Crippen LogP contribution in [0.5, 0.6) is 17.4 Å². The number of aromatic nitrogens is 1. The van der Waals surface area contributed by atoms with E-state index in [4.69, 9.17) is 37.4 Å². The molecule has 1 N–H and O–H groups in total. The summed E-state index contributed by atoms with van der Waals surface area (Å²) in [5.41, 5.74) is 1.55. The van der Waals surface area contributed by atoms with E-state index >= 15 is 0 Å². The van der Waals surface area contributed by atoms with Crippen molar-refractivity contribution < 1.29 is 18.6 Å². The van der Waals surface area contributed by atoms with Crippen LogP contribution in [0, 0.1) is 5.82 Å². The second-order valence-corrected chi connectivity index (χ2v) is 7.48. The number of nitrogens with zero attached hydrogens (tertiary/aromatic N) is 1. The van der Waals surface area contributed by atoms with Gasteiger partial charge in [-0.1, -0.05) is 35.3 Å². The Kier molecular flexibility index (Phi) is 8.76. The number of halogens is 3. The first-order chi connectivity index (χ1) is 15.1. The highest BCUT2D eigenvalue weighted by atomic mass is 35.5. The van der Waals surface area contributed by atoms with Crippen molar-refractivity contribution in [1.82, 2.24) is 10.3 Å². The van der Waals surface area contributed by atoms with Gasteiger partial charge < -0.3 is 19.5 Å². The molecule has 1 heterocycles. The van der Waals surface area contributed by atoms with E-state index in [0.717, 1.165) is 18.5 Å². The second-order valence-electron chi connectivity index (χ2n) is 6.67. The molecular formula is C23H23Cl2FN2O3. The van der Waals surface area contributed by atoms with Crippen molar-refractivity contribution in [2.24, 2.45) is 0 Å². The first kappa shape index (κ1) is 23.1. The van der Waals surface area contributed by atoms with Crippen LogP contribution >= 0.6 is 23.2 Å². The summed E-state index contributed by atoms with van der Waals surface area (Å²) in [5.74, 6) is 1.26. The number of pyridine rings is 1. The molecule has 0 saturated heterocycles. The number of hydrogen-bond donors (Lipinski definition) is 1. The number of rotatable bonds is 11. The van der Waals surface area contributed by atoms with E-state index in [1.165, 1.54) is 12.1 Å². The largest absolute Gasteiger partial charge is 0.493 e. The third-order valence-corrected chi connectivity index (χ3v) is 5.14. The smallest absolute Gasteiger partial charge is 0.213 e. The van der Waals surface area contributed by atoms with Crippen LogP contribution in [0.3, 0.4) is 0 Å². The van der Waals surface area contributed by atoms with Gasteiger partial charge in [0.2, 0.25) is 5.88 Å². The maximum Gasteiger partial charge on any atom is 0.213 e. The van der Waals surface area contributed by atoms with Crippen LogP contribution in [0.2, 0.25) is 10.0 Å². The molecule has 0 saturated carbocycles. The van der Waals surface area contributed by atoms with E-state index in [-0.39, 0.29) is 6.61 Å². The minimum atomic E-state index is -0.394. The molecule has 1 aromatic heterocycles. The van der Waals surface area contributed by atoms with Crippen LogP contribution in [0.15, 0.2) is 54.7 Å². The van der Waals surface area contributed by atoms with Crippen LogP contribution in [0.25, 0.3) is 0 Å². The molecule has 3 aromatic rings. The Labute approximate surface area is 191 Å². The predicted molar refractivity (Wildman–Crippen MR) is 120 cm³/mol. The molecule has 164 valence electrons. The minimum absolute atomic E-state index is 0.166. The van der Waals surface area contributed by atoms with Crippen LogP contribution in [0.1, 0.15) is 17.5 Å². The van der Waals surface area contributed by atoms with Gasteiger partial charge in [-0.25, -0.2) is 9.37 Å². The average molecular weight is 465 g/mol. The Morgan fingerprint density at radius 2 is 1.81 bits per heavy atom. The number of ether oxygens (including phenoxy) is 3. The van der Waals surface area contributed by atoms with Crippen LogP contribution < -0.4 is 19.5 Å². The molecule has 0 atom stereocenters. The molecule has 0 aliphatic rings. The van der Waals surface area contributed by atoms with Crippen molar-refractivity contribution in [3.05, 3.63) is 81.7 Å². The molecule has 0 spiro atoms. The molecular weight excluding hydrogens is 442 g/mol. The fraction of sp³-hybridized carbons (Fsp3) is 0.261. The molecule has 0 fully saturated rings. The summed E-state index contributed by atoms with van der Waals surface area (Å²) in [6.07, 6.45) is 2.52. The maximum absolute atomic E-state index is 13.2. The summed E-state index contributed by atoms with van der Waals surface area (Å²) in [5, 5.41) is 4.19. The highest BCUT2D eigenvalue weighted by Crippen LogP contribution is 2.34. The van der Waals surface area contributed by atoms with Crippen molar-refractivity contribution in [3.63, 3.8) is 0 Å². The number of hydrogen-bond acceptors (Lipinski definition) is 5. The lowest BCUT2D eigenvalue weighted by molar-refractivity contribution is 0.284. The highest BCUT2D eigenvalue weighted by molar-refractivity contribution is 6.31.